The Bertz CT molecular complexity index is 1170. The van der Waals surface area contributed by atoms with Crippen molar-refractivity contribution in [1.29, 1.82) is 0 Å². The molecule has 0 aromatic heterocycles. The van der Waals surface area contributed by atoms with E-state index in [9.17, 15) is 19.5 Å². The minimum atomic E-state index is -0.865. The summed E-state index contributed by atoms with van der Waals surface area (Å²) in [5.41, 5.74) is 0.616. The molecule has 3 amide bonds. The van der Waals surface area contributed by atoms with E-state index in [0.29, 0.717) is 49.7 Å². The first-order chi connectivity index (χ1) is 18.3. The Morgan fingerprint density at radius 3 is 2.47 bits per heavy atom. The predicted molar refractivity (Wildman–Crippen MR) is 151 cm³/mol. The second-order valence-corrected chi connectivity index (χ2v) is 13.0. The number of para-hydroxylation sites is 1. The smallest absolute Gasteiger partial charge is 0.251 e. The highest BCUT2D eigenvalue weighted by molar-refractivity contribution is 8.02. The van der Waals surface area contributed by atoms with E-state index in [4.69, 9.17) is 11.6 Å². The summed E-state index contributed by atoms with van der Waals surface area (Å²) in [6, 6.07) is 6.52. The van der Waals surface area contributed by atoms with E-state index in [1.807, 2.05) is 55.2 Å². The summed E-state index contributed by atoms with van der Waals surface area (Å²) >= 11 is 8.13. The summed E-state index contributed by atoms with van der Waals surface area (Å²) < 4.78 is -1.47. The molecule has 4 aliphatic heterocycles. The van der Waals surface area contributed by atoms with Gasteiger partial charge in [0.25, 0.3) is 5.91 Å². The molecule has 1 spiro atoms. The number of aliphatic hydroxyl groups excluding tert-OH is 1. The number of halogens is 1. The van der Waals surface area contributed by atoms with Crippen LogP contribution in [0.25, 0.3) is 0 Å². The number of aliphatic hydroxyl groups is 1. The Morgan fingerprint density at radius 2 is 1.74 bits per heavy atom. The largest absolute Gasteiger partial charge is 0.396 e. The lowest BCUT2D eigenvalue weighted by atomic mass is 9.74. The van der Waals surface area contributed by atoms with E-state index in [0.717, 1.165) is 12.8 Å². The van der Waals surface area contributed by atoms with Gasteiger partial charge in [0.05, 0.1) is 27.3 Å². The highest BCUT2D eigenvalue weighted by atomic mass is 35.5. The van der Waals surface area contributed by atoms with Crippen LogP contribution in [0, 0.1) is 11.8 Å². The average molecular weight is 558 g/mol. The van der Waals surface area contributed by atoms with E-state index in [2.05, 4.69) is 6.08 Å². The van der Waals surface area contributed by atoms with Crippen LogP contribution < -0.4 is 4.90 Å². The fourth-order valence-corrected chi connectivity index (χ4v) is 9.14. The normalized spacial score (nSPS) is 32.4. The molecule has 1 aromatic rings. The molecular formula is C29H36ClN3O4S. The van der Waals surface area contributed by atoms with Gasteiger partial charge >= 0.3 is 0 Å². The van der Waals surface area contributed by atoms with E-state index in [1.54, 1.807) is 27.6 Å². The molecule has 0 radical (unpaired) electrons. The third-order valence-electron chi connectivity index (χ3n) is 8.33. The Kier molecular flexibility index (Phi) is 7.68. The van der Waals surface area contributed by atoms with Crippen molar-refractivity contribution in [3.05, 3.63) is 53.6 Å². The van der Waals surface area contributed by atoms with Crippen LogP contribution in [0.4, 0.5) is 5.69 Å². The van der Waals surface area contributed by atoms with Crippen LogP contribution >= 0.6 is 23.4 Å². The van der Waals surface area contributed by atoms with E-state index in [-0.39, 0.29) is 24.3 Å². The monoisotopic (exact) mass is 557 g/mol. The van der Waals surface area contributed by atoms with Crippen LogP contribution in [0.1, 0.15) is 39.5 Å². The van der Waals surface area contributed by atoms with Crippen LogP contribution in [0.5, 0.6) is 0 Å². The van der Waals surface area contributed by atoms with E-state index < -0.39 is 27.4 Å². The number of hydrogen-bond donors (Lipinski definition) is 1. The van der Waals surface area contributed by atoms with Gasteiger partial charge in [-0.3, -0.25) is 14.4 Å². The molecule has 7 nitrogen and oxygen atoms in total. The molecule has 2 fully saturated rings. The number of rotatable bonds is 8. The second kappa shape index (κ2) is 10.7. The number of thioether (sulfide) groups is 1. The van der Waals surface area contributed by atoms with Crippen molar-refractivity contribution in [2.24, 2.45) is 11.8 Å². The summed E-state index contributed by atoms with van der Waals surface area (Å²) in [7, 11) is 0. The topological polar surface area (TPSA) is 81.2 Å². The Labute approximate surface area is 233 Å². The molecule has 4 heterocycles. The molecule has 1 N–H and O–H groups in total. The van der Waals surface area contributed by atoms with Gasteiger partial charge in [-0.1, -0.05) is 55.0 Å². The first-order valence-corrected chi connectivity index (χ1v) is 14.8. The molecule has 0 bridgehead atoms. The zero-order chi connectivity index (χ0) is 27.1. The van der Waals surface area contributed by atoms with E-state index in [1.165, 1.54) is 0 Å². The number of unbranched alkanes of at least 4 members (excludes halogenated alkanes) is 2. The summed E-state index contributed by atoms with van der Waals surface area (Å²) in [5, 5.41) is 9.74. The molecule has 0 aliphatic carbocycles. The lowest BCUT2D eigenvalue weighted by Crippen LogP contribution is -2.53. The Morgan fingerprint density at radius 1 is 0.974 bits per heavy atom. The summed E-state index contributed by atoms with van der Waals surface area (Å²) in [4.78, 5) is 48.1. The number of carbonyl (C=O) groups is 3. The van der Waals surface area contributed by atoms with Gasteiger partial charge in [0.2, 0.25) is 11.8 Å². The summed E-state index contributed by atoms with van der Waals surface area (Å²) in [6.07, 6.45) is 11.1. The van der Waals surface area contributed by atoms with E-state index >= 15 is 0 Å². The summed E-state index contributed by atoms with van der Waals surface area (Å²) in [5.74, 6) is -1.49. The Balaban J connectivity index is 1.60. The first-order valence-electron chi connectivity index (χ1n) is 13.6. The third-order valence-corrected chi connectivity index (χ3v) is 10.5. The van der Waals surface area contributed by atoms with Crippen molar-refractivity contribution in [2.45, 2.75) is 55.1 Å². The zero-order valence-electron chi connectivity index (χ0n) is 22.0. The van der Waals surface area contributed by atoms with Crippen LogP contribution in [0.15, 0.2) is 48.6 Å². The van der Waals surface area contributed by atoms with Crippen molar-refractivity contribution >= 4 is 46.8 Å². The number of benzene rings is 1. The van der Waals surface area contributed by atoms with Crippen molar-refractivity contribution in [1.82, 2.24) is 9.80 Å². The molecule has 1 unspecified atom stereocenters. The standard InChI is InChI=1S/C29H36ClN3O4S/c1-3-15-31-16-9-13-28(2)22(25(31)35)23-26(36)33(17-7-4-8-19-34)24-27(37)32(18-10-14-29(23,24)38-28)21-12-6-5-11-20(21)30/h5-6,9-14,22-24,34H,3-4,7-8,15-19H2,1-2H3/t22-,23-,24?,28+,29-/m0/s1. The fraction of sp³-hybridized carbons (Fsp3) is 0.552. The molecule has 38 heavy (non-hydrogen) atoms. The maximum Gasteiger partial charge on any atom is 0.251 e. The lowest BCUT2D eigenvalue weighted by molar-refractivity contribution is -0.143. The first kappa shape index (κ1) is 27.3. The maximum absolute atomic E-state index is 14.5. The maximum atomic E-state index is 14.5. The highest BCUT2D eigenvalue weighted by Gasteiger charge is 2.73. The highest BCUT2D eigenvalue weighted by Crippen LogP contribution is 2.65. The quantitative estimate of drug-likeness (QED) is 0.387. The van der Waals surface area contributed by atoms with Gasteiger partial charge in [-0.25, -0.2) is 0 Å². The molecule has 1 aromatic carbocycles. The molecular weight excluding hydrogens is 522 g/mol. The number of amides is 3. The number of likely N-dealkylation sites (tertiary alicyclic amines) is 1. The van der Waals surface area contributed by atoms with Crippen LogP contribution in [0.3, 0.4) is 0 Å². The lowest BCUT2D eigenvalue weighted by Gasteiger charge is -2.37. The van der Waals surface area contributed by atoms with Gasteiger partial charge in [0.1, 0.15) is 6.04 Å². The third kappa shape index (κ3) is 4.29. The molecule has 4 aliphatic rings. The zero-order valence-corrected chi connectivity index (χ0v) is 23.6. The van der Waals surface area contributed by atoms with Crippen LogP contribution in [0.2, 0.25) is 5.02 Å². The van der Waals surface area contributed by atoms with Gasteiger partial charge in [-0.15, -0.1) is 11.8 Å². The van der Waals surface area contributed by atoms with Gasteiger partial charge in [-0.05, 0) is 44.7 Å². The number of anilines is 1. The molecule has 5 rings (SSSR count). The van der Waals surface area contributed by atoms with Gasteiger partial charge in [0, 0.05) is 37.5 Å². The number of carbonyl (C=O) groups excluding carboxylic acids is 3. The van der Waals surface area contributed by atoms with Crippen molar-refractivity contribution in [2.75, 3.05) is 37.7 Å². The van der Waals surface area contributed by atoms with Crippen LogP contribution in [-0.2, 0) is 14.4 Å². The van der Waals surface area contributed by atoms with Crippen molar-refractivity contribution in [3.63, 3.8) is 0 Å². The number of fused-ring (bicyclic) bond motifs is 2. The van der Waals surface area contributed by atoms with Gasteiger partial charge in [0.15, 0.2) is 0 Å². The van der Waals surface area contributed by atoms with Crippen LogP contribution in [-0.4, -0.2) is 80.9 Å². The van der Waals surface area contributed by atoms with Crippen molar-refractivity contribution in [3.8, 4) is 0 Å². The summed E-state index contributed by atoms with van der Waals surface area (Å²) in [6.45, 7) is 6.11. The second-order valence-electron chi connectivity index (χ2n) is 10.8. The van der Waals surface area contributed by atoms with Gasteiger partial charge < -0.3 is 19.8 Å². The Hall–Kier alpha value is -2.29. The molecule has 5 atom stereocenters. The molecule has 204 valence electrons. The average Bonchev–Trinajstić information content (AvgIpc) is 3.16. The number of hydrogen-bond acceptors (Lipinski definition) is 5. The molecule has 9 heteroatoms. The van der Waals surface area contributed by atoms with Crippen molar-refractivity contribution < 1.29 is 19.5 Å². The SMILES string of the molecule is CCCN1CC=C[C@@]2(C)S[C@]34C=CCN(c5ccccc5Cl)C(=O)C3N(CCCCCO)C(=O)[C@@H]4[C@H]2C1=O. The molecule has 2 saturated heterocycles. The predicted octanol–water partition coefficient (Wildman–Crippen LogP) is 3.90. The fourth-order valence-electron chi connectivity index (χ4n) is 6.74. The van der Waals surface area contributed by atoms with Gasteiger partial charge in [-0.2, -0.15) is 0 Å². The molecule has 0 saturated carbocycles. The number of nitrogens with zero attached hydrogens (tertiary/aromatic N) is 3. The minimum Gasteiger partial charge on any atom is -0.396 e. The minimum absolute atomic E-state index is 0.00369.